The van der Waals surface area contributed by atoms with Crippen LogP contribution < -0.4 is 5.32 Å². The lowest BCUT2D eigenvalue weighted by atomic mass is 10.1. The molecule has 0 aliphatic heterocycles. The van der Waals surface area contributed by atoms with Crippen LogP contribution in [-0.2, 0) is 11.2 Å². The van der Waals surface area contributed by atoms with E-state index in [1.54, 1.807) is 36.4 Å². The molecular weight excluding hydrogens is 333 g/mol. The van der Waals surface area contributed by atoms with Gasteiger partial charge in [-0.2, -0.15) is 0 Å². The topological polar surface area (TPSA) is 66.4 Å². The van der Waals surface area contributed by atoms with Gasteiger partial charge in [-0.1, -0.05) is 35.3 Å². The van der Waals surface area contributed by atoms with Gasteiger partial charge in [0.05, 0.1) is 9.21 Å². The molecule has 0 fully saturated rings. The maximum absolute atomic E-state index is 12.0. The van der Waals surface area contributed by atoms with Gasteiger partial charge in [0, 0.05) is 11.4 Å². The summed E-state index contributed by atoms with van der Waals surface area (Å²) in [5.74, 6) is -1.56. The van der Waals surface area contributed by atoms with Gasteiger partial charge in [-0.25, -0.2) is 4.79 Å². The lowest BCUT2D eigenvalue weighted by molar-refractivity contribution is -0.139. The first-order valence-electron chi connectivity index (χ1n) is 5.99. The van der Waals surface area contributed by atoms with Crippen LogP contribution in [0.4, 0.5) is 0 Å². The highest BCUT2D eigenvalue weighted by Gasteiger charge is 2.22. The fourth-order valence-corrected chi connectivity index (χ4v) is 2.92. The molecule has 1 atom stereocenters. The second kappa shape index (κ2) is 6.93. The minimum absolute atomic E-state index is 0.154. The molecule has 1 aromatic carbocycles. The molecule has 0 spiro atoms. The SMILES string of the molecule is O=C(N[C@@H](Cc1cccc(Cl)c1)C(=O)O)c1ccc(Cl)s1. The third-order valence-electron chi connectivity index (χ3n) is 2.73. The molecule has 21 heavy (non-hydrogen) atoms. The standard InChI is InChI=1S/C14H11Cl2NO3S/c15-9-3-1-2-8(6-9)7-10(14(19)20)17-13(18)11-4-5-12(16)21-11/h1-6,10H,7H2,(H,17,18)(H,19,20)/t10-/m0/s1. The quantitative estimate of drug-likeness (QED) is 0.873. The van der Waals surface area contributed by atoms with E-state index in [-0.39, 0.29) is 6.42 Å². The Hall–Kier alpha value is -1.56. The third kappa shape index (κ3) is 4.46. The molecular formula is C14H11Cl2NO3S. The Morgan fingerprint density at radius 1 is 1.24 bits per heavy atom. The Balaban J connectivity index is 2.09. The number of thiophene rings is 1. The molecule has 0 unspecified atom stereocenters. The molecule has 0 aliphatic carbocycles. The van der Waals surface area contributed by atoms with E-state index in [0.717, 1.165) is 16.9 Å². The van der Waals surface area contributed by atoms with E-state index in [1.807, 2.05) is 0 Å². The van der Waals surface area contributed by atoms with Crippen LogP contribution >= 0.6 is 34.5 Å². The van der Waals surface area contributed by atoms with Gasteiger partial charge >= 0.3 is 5.97 Å². The summed E-state index contributed by atoms with van der Waals surface area (Å²) in [6, 6.07) is 8.98. The van der Waals surface area contributed by atoms with Crippen LogP contribution in [0.15, 0.2) is 36.4 Å². The van der Waals surface area contributed by atoms with Gasteiger partial charge in [-0.3, -0.25) is 4.79 Å². The number of hydrogen-bond donors (Lipinski definition) is 2. The number of carboxylic acids is 1. The van der Waals surface area contributed by atoms with Crippen molar-refractivity contribution in [3.05, 3.63) is 56.2 Å². The van der Waals surface area contributed by atoms with E-state index in [2.05, 4.69) is 5.32 Å². The maximum Gasteiger partial charge on any atom is 0.326 e. The first-order valence-corrected chi connectivity index (χ1v) is 7.56. The number of nitrogens with one attached hydrogen (secondary N) is 1. The molecule has 110 valence electrons. The van der Waals surface area contributed by atoms with Crippen molar-refractivity contribution in [2.75, 3.05) is 0 Å². The number of carboxylic acid groups (broad SMARTS) is 1. The zero-order valence-electron chi connectivity index (χ0n) is 10.7. The van der Waals surface area contributed by atoms with E-state index in [4.69, 9.17) is 23.2 Å². The van der Waals surface area contributed by atoms with Gasteiger partial charge in [0.15, 0.2) is 0 Å². The van der Waals surface area contributed by atoms with E-state index < -0.39 is 17.9 Å². The van der Waals surface area contributed by atoms with Gasteiger partial charge in [0.1, 0.15) is 6.04 Å². The second-order valence-electron chi connectivity index (χ2n) is 4.30. The van der Waals surface area contributed by atoms with Crippen molar-refractivity contribution in [3.63, 3.8) is 0 Å². The maximum atomic E-state index is 12.0. The molecule has 7 heteroatoms. The minimum atomic E-state index is -1.11. The average Bonchev–Trinajstić information content (AvgIpc) is 2.84. The third-order valence-corrected chi connectivity index (χ3v) is 4.19. The fraction of sp³-hybridized carbons (Fsp3) is 0.143. The first kappa shape index (κ1) is 15.8. The highest BCUT2D eigenvalue weighted by Crippen LogP contribution is 2.21. The molecule has 0 radical (unpaired) electrons. The van der Waals surface area contributed by atoms with Crippen LogP contribution in [-0.4, -0.2) is 23.0 Å². The van der Waals surface area contributed by atoms with Crippen molar-refractivity contribution < 1.29 is 14.7 Å². The monoisotopic (exact) mass is 343 g/mol. The zero-order valence-corrected chi connectivity index (χ0v) is 13.0. The van der Waals surface area contributed by atoms with Crippen molar-refractivity contribution >= 4 is 46.4 Å². The van der Waals surface area contributed by atoms with Crippen molar-refractivity contribution in [3.8, 4) is 0 Å². The number of carbonyl (C=O) groups is 2. The summed E-state index contributed by atoms with van der Waals surface area (Å²) in [4.78, 5) is 23.6. The molecule has 0 saturated carbocycles. The fourth-order valence-electron chi connectivity index (χ4n) is 1.77. The predicted molar refractivity (Wildman–Crippen MR) is 83.4 cm³/mol. The molecule has 1 amide bonds. The van der Waals surface area contributed by atoms with Crippen molar-refractivity contribution in [2.24, 2.45) is 0 Å². The molecule has 2 rings (SSSR count). The van der Waals surface area contributed by atoms with Crippen molar-refractivity contribution in [2.45, 2.75) is 12.5 Å². The molecule has 0 bridgehead atoms. The largest absolute Gasteiger partial charge is 0.480 e. The summed E-state index contributed by atoms with van der Waals surface area (Å²) in [5, 5.41) is 12.2. The van der Waals surface area contributed by atoms with Crippen LogP contribution in [0, 0.1) is 0 Å². The van der Waals surface area contributed by atoms with Gasteiger partial charge in [-0.15, -0.1) is 11.3 Å². The lowest BCUT2D eigenvalue weighted by Crippen LogP contribution is -2.42. The molecule has 4 nitrogen and oxygen atoms in total. The van der Waals surface area contributed by atoms with Gasteiger partial charge in [-0.05, 0) is 29.8 Å². The number of rotatable bonds is 5. The minimum Gasteiger partial charge on any atom is -0.480 e. The summed E-state index contributed by atoms with van der Waals surface area (Å²) in [6.45, 7) is 0. The number of halogens is 2. The van der Waals surface area contributed by atoms with E-state index in [1.165, 1.54) is 0 Å². The van der Waals surface area contributed by atoms with Crippen molar-refractivity contribution in [1.29, 1.82) is 0 Å². The Labute approximate surface area is 135 Å². The Morgan fingerprint density at radius 3 is 2.57 bits per heavy atom. The highest BCUT2D eigenvalue weighted by molar-refractivity contribution is 7.18. The Kier molecular flexibility index (Phi) is 5.22. The number of aliphatic carboxylic acids is 1. The summed E-state index contributed by atoms with van der Waals surface area (Å²) in [6.07, 6.45) is 0.154. The highest BCUT2D eigenvalue weighted by atomic mass is 35.5. The van der Waals surface area contributed by atoms with Crippen LogP contribution in [0.5, 0.6) is 0 Å². The second-order valence-corrected chi connectivity index (χ2v) is 6.45. The Morgan fingerprint density at radius 2 is 2.00 bits per heavy atom. The van der Waals surface area contributed by atoms with Crippen LogP contribution in [0.1, 0.15) is 15.2 Å². The molecule has 2 aromatic rings. The molecule has 1 heterocycles. The average molecular weight is 344 g/mol. The zero-order chi connectivity index (χ0) is 15.4. The van der Waals surface area contributed by atoms with Crippen molar-refractivity contribution in [1.82, 2.24) is 5.32 Å². The Bertz CT molecular complexity index is 672. The first-order chi connectivity index (χ1) is 9.95. The lowest BCUT2D eigenvalue weighted by Gasteiger charge is -2.14. The summed E-state index contributed by atoms with van der Waals surface area (Å²) in [5.41, 5.74) is 0.736. The van der Waals surface area contributed by atoms with Crippen LogP contribution in [0.25, 0.3) is 0 Å². The number of benzene rings is 1. The molecule has 0 saturated heterocycles. The summed E-state index contributed by atoms with van der Waals surface area (Å²) < 4.78 is 0.474. The molecule has 0 aliphatic rings. The van der Waals surface area contributed by atoms with Gasteiger partial charge < -0.3 is 10.4 Å². The predicted octanol–water partition coefficient (Wildman–Crippen LogP) is 3.48. The van der Waals surface area contributed by atoms with Crippen LogP contribution in [0.3, 0.4) is 0 Å². The number of carbonyl (C=O) groups excluding carboxylic acids is 1. The molecule has 2 N–H and O–H groups in total. The van der Waals surface area contributed by atoms with Gasteiger partial charge in [0.2, 0.25) is 0 Å². The number of amides is 1. The molecule has 1 aromatic heterocycles. The van der Waals surface area contributed by atoms with Gasteiger partial charge in [0.25, 0.3) is 5.91 Å². The van der Waals surface area contributed by atoms with E-state index in [0.29, 0.717) is 14.2 Å². The smallest absolute Gasteiger partial charge is 0.326 e. The summed E-state index contributed by atoms with van der Waals surface area (Å²) in [7, 11) is 0. The van der Waals surface area contributed by atoms with Crippen LogP contribution in [0.2, 0.25) is 9.36 Å². The number of hydrogen-bond acceptors (Lipinski definition) is 3. The van der Waals surface area contributed by atoms with E-state index >= 15 is 0 Å². The summed E-state index contributed by atoms with van der Waals surface area (Å²) >= 11 is 12.7. The van der Waals surface area contributed by atoms with E-state index in [9.17, 15) is 14.7 Å². The normalized spacial score (nSPS) is 11.9.